The van der Waals surface area contributed by atoms with Crippen LogP contribution >= 0.6 is 0 Å². The summed E-state index contributed by atoms with van der Waals surface area (Å²) >= 11 is 0. The number of rotatable bonds is 2. The summed E-state index contributed by atoms with van der Waals surface area (Å²) in [5.41, 5.74) is 1.03. The Kier molecular flexibility index (Phi) is 4.66. The van der Waals surface area contributed by atoms with Crippen molar-refractivity contribution < 1.29 is 4.74 Å². The van der Waals surface area contributed by atoms with Crippen LogP contribution in [0.1, 0.15) is 25.3 Å². The van der Waals surface area contributed by atoms with Gasteiger partial charge in [0.15, 0.2) is 0 Å². The van der Waals surface area contributed by atoms with E-state index in [9.17, 15) is 0 Å². The number of benzene rings is 1. The Morgan fingerprint density at radius 3 is 3.11 bits per heavy atom. The highest BCUT2D eigenvalue weighted by Crippen LogP contribution is 2.14. The molecule has 1 aromatic rings. The van der Waals surface area contributed by atoms with Crippen molar-refractivity contribution in [1.82, 2.24) is 4.90 Å². The van der Waals surface area contributed by atoms with Gasteiger partial charge in [0.2, 0.25) is 0 Å². The van der Waals surface area contributed by atoms with Gasteiger partial charge in [-0.25, -0.2) is 0 Å². The normalized spacial score (nSPS) is 20.0. The van der Waals surface area contributed by atoms with E-state index in [2.05, 4.69) is 23.7 Å². The molecule has 1 unspecified atom stereocenters. The lowest BCUT2D eigenvalue weighted by Gasteiger charge is -2.28. The molecule has 0 bridgehead atoms. The molecule has 0 aliphatic carbocycles. The van der Waals surface area contributed by atoms with Crippen molar-refractivity contribution in [1.29, 1.82) is 0 Å². The van der Waals surface area contributed by atoms with Gasteiger partial charge < -0.3 is 4.74 Å². The zero-order valence-corrected chi connectivity index (χ0v) is 11.3. The first kappa shape index (κ1) is 13.0. The molecular formula is C16H21NO. The number of piperidine rings is 1. The van der Waals surface area contributed by atoms with Crippen LogP contribution in [0.3, 0.4) is 0 Å². The van der Waals surface area contributed by atoms with Gasteiger partial charge in [0.25, 0.3) is 0 Å². The van der Waals surface area contributed by atoms with E-state index in [1.54, 1.807) is 7.11 Å². The summed E-state index contributed by atoms with van der Waals surface area (Å²) < 4.78 is 5.19. The van der Waals surface area contributed by atoms with Crippen LogP contribution < -0.4 is 4.74 Å². The molecule has 1 atom stereocenters. The fourth-order valence-corrected chi connectivity index (χ4v) is 2.38. The number of ether oxygens (including phenoxy) is 1. The molecule has 1 saturated heterocycles. The Morgan fingerprint density at radius 2 is 2.33 bits per heavy atom. The van der Waals surface area contributed by atoms with Gasteiger partial charge in [0, 0.05) is 12.1 Å². The topological polar surface area (TPSA) is 12.5 Å². The van der Waals surface area contributed by atoms with Crippen molar-refractivity contribution in [2.75, 3.05) is 26.7 Å². The zero-order valence-electron chi connectivity index (χ0n) is 11.3. The SMILES string of the molecule is COc1cccc(C#CCN2CCCC(C)C2)c1. The van der Waals surface area contributed by atoms with E-state index in [0.717, 1.165) is 23.8 Å². The zero-order chi connectivity index (χ0) is 12.8. The quantitative estimate of drug-likeness (QED) is 0.741. The maximum Gasteiger partial charge on any atom is 0.120 e. The molecule has 1 aliphatic rings. The van der Waals surface area contributed by atoms with Crippen LogP contribution in [0.15, 0.2) is 24.3 Å². The van der Waals surface area contributed by atoms with Gasteiger partial charge in [-0.15, -0.1) is 0 Å². The minimum absolute atomic E-state index is 0.817. The summed E-state index contributed by atoms with van der Waals surface area (Å²) in [5, 5.41) is 0. The minimum Gasteiger partial charge on any atom is -0.497 e. The summed E-state index contributed by atoms with van der Waals surface area (Å²) in [7, 11) is 1.68. The van der Waals surface area contributed by atoms with Crippen LogP contribution in [0.5, 0.6) is 5.75 Å². The average Bonchev–Trinajstić information content (AvgIpc) is 2.39. The number of hydrogen-bond donors (Lipinski definition) is 0. The highest BCUT2D eigenvalue weighted by atomic mass is 16.5. The first-order valence-electron chi connectivity index (χ1n) is 6.63. The first-order chi connectivity index (χ1) is 8.78. The second-order valence-corrected chi connectivity index (χ2v) is 5.02. The Balaban J connectivity index is 1.91. The van der Waals surface area contributed by atoms with Crippen LogP contribution in [0.2, 0.25) is 0 Å². The number of hydrogen-bond acceptors (Lipinski definition) is 2. The van der Waals surface area contributed by atoms with E-state index in [0.29, 0.717) is 0 Å². The lowest BCUT2D eigenvalue weighted by atomic mass is 10.0. The van der Waals surface area contributed by atoms with Gasteiger partial charge >= 0.3 is 0 Å². The molecule has 1 fully saturated rings. The van der Waals surface area contributed by atoms with E-state index in [-0.39, 0.29) is 0 Å². The molecule has 1 heterocycles. The molecule has 0 amide bonds. The van der Waals surface area contributed by atoms with E-state index < -0.39 is 0 Å². The van der Waals surface area contributed by atoms with Crippen LogP contribution in [0, 0.1) is 17.8 Å². The second kappa shape index (κ2) is 6.47. The van der Waals surface area contributed by atoms with Crippen molar-refractivity contribution in [2.24, 2.45) is 5.92 Å². The van der Waals surface area contributed by atoms with E-state index in [1.165, 1.54) is 25.9 Å². The van der Waals surface area contributed by atoms with Crippen molar-refractivity contribution >= 4 is 0 Å². The molecular weight excluding hydrogens is 222 g/mol. The van der Waals surface area contributed by atoms with Crippen LogP contribution in [0.25, 0.3) is 0 Å². The standard InChI is InChI=1S/C16H21NO/c1-14-6-4-10-17(13-14)11-5-8-15-7-3-9-16(12-15)18-2/h3,7,9,12,14H,4,6,10-11,13H2,1-2H3. The molecule has 2 heteroatoms. The van der Waals surface area contributed by atoms with Crippen LogP contribution in [-0.2, 0) is 0 Å². The van der Waals surface area contributed by atoms with Crippen LogP contribution in [-0.4, -0.2) is 31.6 Å². The Bertz CT molecular complexity index is 444. The Hall–Kier alpha value is -1.46. The molecule has 0 N–H and O–H groups in total. The monoisotopic (exact) mass is 243 g/mol. The third-order valence-electron chi connectivity index (χ3n) is 3.35. The molecule has 0 aromatic heterocycles. The smallest absolute Gasteiger partial charge is 0.120 e. The average molecular weight is 243 g/mol. The molecule has 0 saturated carbocycles. The van der Waals surface area contributed by atoms with E-state index >= 15 is 0 Å². The van der Waals surface area contributed by atoms with Gasteiger partial charge in [-0.3, -0.25) is 4.90 Å². The minimum atomic E-state index is 0.817. The lowest BCUT2D eigenvalue weighted by Crippen LogP contribution is -2.34. The first-order valence-corrected chi connectivity index (χ1v) is 6.63. The predicted octanol–water partition coefficient (Wildman–Crippen LogP) is 2.78. The maximum absolute atomic E-state index is 5.19. The molecule has 96 valence electrons. The third kappa shape index (κ3) is 3.78. The van der Waals surface area contributed by atoms with Crippen molar-refractivity contribution in [3.63, 3.8) is 0 Å². The largest absolute Gasteiger partial charge is 0.497 e. The molecule has 1 aliphatic heterocycles. The van der Waals surface area contributed by atoms with Gasteiger partial charge in [0.1, 0.15) is 5.75 Å². The van der Waals surface area contributed by atoms with Gasteiger partial charge in [-0.1, -0.05) is 24.8 Å². The molecule has 18 heavy (non-hydrogen) atoms. The van der Waals surface area contributed by atoms with Crippen molar-refractivity contribution in [3.8, 4) is 17.6 Å². The van der Waals surface area contributed by atoms with Gasteiger partial charge in [0.05, 0.1) is 13.7 Å². The lowest BCUT2D eigenvalue weighted by molar-refractivity contribution is 0.204. The molecule has 2 rings (SSSR count). The maximum atomic E-state index is 5.19. The summed E-state index contributed by atoms with van der Waals surface area (Å²) in [6, 6.07) is 7.92. The summed E-state index contributed by atoms with van der Waals surface area (Å²) in [6.07, 6.45) is 2.67. The summed E-state index contributed by atoms with van der Waals surface area (Å²) in [6.45, 7) is 5.58. The van der Waals surface area contributed by atoms with E-state index in [4.69, 9.17) is 4.74 Å². The fraction of sp³-hybridized carbons (Fsp3) is 0.500. The second-order valence-electron chi connectivity index (χ2n) is 5.02. The third-order valence-corrected chi connectivity index (χ3v) is 3.35. The molecule has 2 nitrogen and oxygen atoms in total. The van der Waals surface area contributed by atoms with Gasteiger partial charge in [-0.2, -0.15) is 0 Å². The summed E-state index contributed by atoms with van der Waals surface area (Å²) in [4.78, 5) is 2.45. The number of methoxy groups -OCH3 is 1. The predicted molar refractivity (Wildman–Crippen MR) is 74.7 cm³/mol. The highest BCUT2D eigenvalue weighted by Gasteiger charge is 2.14. The van der Waals surface area contributed by atoms with E-state index in [1.807, 2.05) is 24.3 Å². The highest BCUT2D eigenvalue weighted by molar-refractivity contribution is 5.39. The summed E-state index contributed by atoms with van der Waals surface area (Å²) in [5.74, 6) is 8.16. The molecule has 0 spiro atoms. The molecule has 0 radical (unpaired) electrons. The fourth-order valence-electron chi connectivity index (χ4n) is 2.38. The van der Waals surface area contributed by atoms with Crippen molar-refractivity contribution in [2.45, 2.75) is 19.8 Å². The number of nitrogens with zero attached hydrogens (tertiary/aromatic N) is 1. The Labute approximate surface area is 110 Å². The Morgan fingerprint density at radius 1 is 1.44 bits per heavy atom. The molecule has 1 aromatic carbocycles. The van der Waals surface area contributed by atoms with Gasteiger partial charge in [-0.05, 0) is 43.5 Å². The van der Waals surface area contributed by atoms with Crippen LogP contribution in [0.4, 0.5) is 0 Å². The number of likely N-dealkylation sites (tertiary alicyclic amines) is 1. The van der Waals surface area contributed by atoms with Crippen molar-refractivity contribution in [3.05, 3.63) is 29.8 Å².